The molecule has 8 heteroatoms. The summed E-state index contributed by atoms with van der Waals surface area (Å²) in [6, 6.07) is -0.419. The lowest BCUT2D eigenvalue weighted by Crippen LogP contribution is -2.54. The minimum Gasteiger partial charge on any atom is -0.295 e. The molecule has 2 heterocycles. The van der Waals surface area contributed by atoms with Crippen LogP contribution in [0.2, 0.25) is 0 Å². The summed E-state index contributed by atoms with van der Waals surface area (Å²) in [5, 5.41) is 2.00. The number of fused-ring (bicyclic) bond motifs is 1. The molecule has 22 heavy (non-hydrogen) atoms. The monoisotopic (exact) mass is 308 g/mol. The molecule has 2 aliphatic rings. The second-order valence-corrected chi connectivity index (χ2v) is 5.19. The number of piperidine rings is 1. The van der Waals surface area contributed by atoms with Gasteiger partial charge >= 0.3 is 0 Å². The van der Waals surface area contributed by atoms with Crippen molar-refractivity contribution in [3.63, 3.8) is 0 Å². The second-order valence-electron chi connectivity index (χ2n) is 5.19. The van der Waals surface area contributed by atoms with E-state index in [2.05, 4.69) is 0 Å². The van der Waals surface area contributed by atoms with Gasteiger partial charge in [0.15, 0.2) is 0 Å². The Morgan fingerprint density at radius 2 is 1.77 bits per heavy atom. The molecule has 3 rings (SSSR count). The Hall–Kier alpha value is -2.64. The number of carbonyl (C=O) groups is 4. The number of hydrogen-bond donors (Lipinski definition) is 1. The second kappa shape index (κ2) is 4.69. The number of amides is 4. The number of nitrogens with zero attached hydrogens (tertiary/aromatic N) is 1. The molecular formula is C14H10F2N2O4. The fourth-order valence-electron chi connectivity index (χ4n) is 2.71. The fourth-order valence-corrected chi connectivity index (χ4v) is 2.71. The molecule has 0 aliphatic carbocycles. The molecule has 1 fully saturated rings. The maximum atomic E-state index is 14.1. The lowest BCUT2D eigenvalue weighted by molar-refractivity contribution is -0.136. The van der Waals surface area contributed by atoms with Crippen LogP contribution in [0, 0.1) is 18.6 Å². The molecule has 1 N–H and O–H groups in total. The molecule has 0 bridgehead atoms. The number of aryl methyl sites for hydroxylation is 1. The molecule has 6 nitrogen and oxygen atoms in total. The molecule has 0 saturated carbocycles. The van der Waals surface area contributed by atoms with E-state index in [1.807, 2.05) is 5.32 Å². The summed E-state index contributed by atoms with van der Waals surface area (Å²) in [6.07, 6.45) is -0.133. The number of rotatable bonds is 1. The predicted molar refractivity (Wildman–Crippen MR) is 67.8 cm³/mol. The van der Waals surface area contributed by atoms with Crippen LogP contribution in [-0.4, -0.2) is 34.6 Å². The molecule has 1 atom stereocenters. The molecule has 1 aromatic rings. The predicted octanol–water partition coefficient (Wildman–Crippen LogP) is 0.674. The highest BCUT2D eigenvalue weighted by atomic mass is 19.1. The Morgan fingerprint density at radius 3 is 2.41 bits per heavy atom. The number of carbonyl (C=O) groups excluding carboxylic acids is 4. The summed E-state index contributed by atoms with van der Waals surface area (Å²) in [6.45, 7) is 1.27. The highest BCUT2D eigenvalue weighted by molar-refractivity contribution is 6.23. The maximum Gasteiger partial charge on any atom is 0.265 e. The molecule has 0 spiro atoms. The minimum absolute atomic E-state index is 0.0617. The van der Waals surface area contributed by atoms with Crippen molar-refractivity contribution in [2.75, 3.05) is 0 Å². The van der Waals surface area contributed by atoms with E-state index < -0.39 is 52.4 Å². The van der Waals surface area contributed by atoms with Gasteiger partial charge in [0.1, 0.15) is 17.7 Å². The van der Waals surface area contributed by atoms with Gasteiger partial charge in [0.25, 0.3) is 11.8 Å². The standard InChI is InChI=1S/C14H10F2N2O4/c1-5-4-6(15)9-10(11(5)16)14(22)18(13(9)21)7-2-3-8(19)17-12(7)20/h4,7H,2-3H2,1H3,(H,17,19,20). The molecule has 0 aromatic heterocycles. The van der Waals surface area contributed by atoms with Crippen LogP contribution in [-0.2, 0) is 9.59 Å². The smallest absolute Gasteiger partial charge is 0.265 e. The molecule has 1 aromatic carbocycles. The van der Waals surface area contributed by atoms with E-state index in [4.69, 9.17) is 0 Å². The molecule has 0 radical (unpaired) electrons. The van der Waals surface area contributed by atoms with Crippen LogP contribution < -0.4 is 5.32 Å². The van der Waals surface area contributed by atoms with Gasteiger partial charge in [-0.3, -0.25) is 29.4 Å². The fraction of sp³-hybridized carbons (Fsp3) is 0.286. The van der Waals surface area contributed by atoms with E-state index in [-0.39, 0.29) is 18.4 Å². The third-order valence-corrected chi connectivity index (χ3v) is 3.78. The Kier molecular flexibility index (Phi) is 3.05. The Morgan fingerprint density at radius 1 is 1.14 bits per heavy atom. The number of nitrogens with one attached hydrogen (secondary N) is 1. The van der Waals surface area contributed by atoms with Gasteiger partial charge in [-0.25, -0.2) is 8.78 Å². The third kappa shape index (κ3) is 1.83. The summed E-state index contributed by atoms with van der Waals surface area (Å²) in [7, 11) is 0. The molecule has 1 saturated heterocycles. The van der Waals surface area contributed by atoms with Crippen molar-refractivity contribution >= 4 is 23.6 Å². The van der Waals surface area contributed by atoms with E-state index in [0.717, 1.165) is 6.07 Å². The van der Waals surface area contributed by atoms with E-state index in [9.17, 15) is 28.0 Å². The molecule has 1 unspecified atom stereocenters. The van der Waals surface area contributed by atoms with Gasteiger partial charge in [0.05, 0.1) is 11.1 Å². The van der Waals surface area contributed by atoms with Crippen LogP contribution in [0.3, 0.4) is 0 Å². The maximum absolute atomic E-state index is 14.1. The molecule has 114 valence electrons. The zero-order chi connectivity index (χ0) is 16.2. The number of benzene rings is 1. The van der Waals surface area contributed by atoms with Crippen molar-refractivity contribution in [1.82, 2.24) is 10.2 Å². The highest BCUT2D eigenvalue weighted by Gasteiger charge is 2.47. The molecule has 2 aliphatic heterocycles. The zero-order valence-electron chi connectivity index (χ0n) is 11.4. The summed E-state index contributed by atoms with van der Waals surface area (Å²) in [5.74, 6) is -5.47. The Labute approximate surface area is 123 Å². The van der Waals surface area contributed by atoms with Crippen molar-refractivity contribution in [3.05, 3.63) is 34.4 Å². The Balaban J connectivity index is 2.08. The normalized spacial score (nSPS) is 21.2. The van der Waals surface area contributed by atoms with Crippen molar-refractivity contribution in [1.29, 1.82) is 0 Å². The van der Waals surface area contributed by atoms with Crippen LogP contribution in [0.15, 0.2) is 6.07 Å². The van der Waals surface area contributed by atoms with Crippen LogP contribution in [0.25, 0.3) is 0 Å². The third-order valence-electron chi connectivity index (χ3n) is 3.78. The first-order chi connectivity index (χ1) is 10.3. The minimum atomic E-state index is -1.25. The average molecular weight is 308 g/mol. The molecule has 4 amide bonds. The van der Waals surface area contributed by atoms with Gasteiger partial charge in [0, 0.05) is 6.42 Å². The van der Waals surface area contributed by atoms with Crippen LogP contribution in [0.4, 0.5) is 8.78 Å². The first kappa shape index (κ1) is 14.3. The summed E-state index contributed by atoms with van der Waals surface area (Å²) >= 11 is 0. The van der Waals surface area contributed by atoms with E-state index in [0.29, 0.717) is 4.90 Å². The topological polar surface area (TPSA) is 83.6 Å². The van der Waals surface area contributed by atoms with Gasteiger partial charge in [-0.2, -0.15) is 0 Å². The van der Waals surface area contributed by atoms with Gasteiger partial charge in [0.2, 0.25) is 11.8 Å². The van der Waals surface area contributed by atoms with Gasteiger partial charge in [-0.1, -0.05) is 0 Å². The average Bonchev–Trinajstić information content (AvgIpc) is 2.69. The SMILES string of the molecule is Cc1cc(F)c2c(c1F)C(=O)N(C1CCC(=O)NC1=O)C2=O. The number of imide groups is 2. The summed E-state index contributed by atoms with van der Waals surface area (Å²) in [4.78, 5) is 48.0. The zero-order valence-corrected chi connectivity index (χ0v) is 11.4. The summed E-state index contributed by atoms with van der Waals surface area (Å²) in [5.41, 5.74) is -1.44. The highest BCUT2D eigenvalue weighted by Crippen LogP contribution is 2.32. The lowest BCUT2D eigenvalue weighted by Gasteiger charge is -2.27. The van der Waals surface area contributed by atoms with Crippen molar-refractivity contribution in [3.8, 4) is 0 Å². The van der Waals surface area contributed by atoms with E-state index in [1.165, 1.54) is 6.92 Å². The van der Waals surface area contributed by atoms with Gasteiger partial charge < -0.3 is 0 Å². The van der Waals surface area contributed by atoms with Crippen molar-refractivity contribution in [2.24, 2.45) is 0 Å². The van der Waals surface area contributed by atoms with Crippen LogP contribution in [0.1, 0.15) is 39.1 Å². The largest absolute Gasteiger partial charge is 0.295 e. The Bertz CT molecular complexity index is 760. The van der Waals surface area contributed by atoms with Crippen molar-refractivity contribution < 1.29 is 28.0 Å². The van der Waals surface area contributed by atoms with Crippen LogP contribution in [0.5, 0.6) is 0 Å². The van der Waals surface area contributed by atoms with Gasteiger partial charge in [-0.05, 0) is 25.0 Å². The number of hydrogen-bond acceptors (Lipinski definition) is 4. The van der Waals surface area contributed by atoms with E-state index >= 15 is 0 Å². The first-order valence-corrected chi connectivity index (χ1v) is 6.53. The van der Waals surface area contributed by atoms with Crippen LogP contribution >= 0.6 is 0 Å². The van der Waals surface area contributed by atoms with E-state index in [1.54, 1.807) is 0 Å². The van der Waals surface area contributed by atoms with Gasteiger partial charge in [-0.15, -0.1) is 0 Å². The quantitative estimate of drug-likeness (QED) is 0.773. The van der Waals surface area contributed by atoms with Crippen molar-refractivity contribution in [2.45, 2.75) is 25.8 Å². The number of halogens is 2. The first-order valence-electron chi connectivity index (χ1n) is 6.53. The lowest BCUT2D eigenvalue weighted by atomic mass is 10.0. The molecular weight excluding hydrogens is 298 g/mol. The summed E-state index contributed by atoms with van der Waals surface area (Å²) < 4.78 is 28.0.